The number of nitrogens with one attached hydrogen (secondary N) is 1. The van der Waals surface area contributed by atoms with Gasteiger partial charge < -0.3 is 5.32 Å². The molecule has 1 N–H and O–H groups in total. The highest BCUT2D eigenvalue weighted by Gasteiger charge is 2.18. The van der Waals surface area contributed by atoms with Crippen molar-refractivity contribution in [2.24, 2.45) is 5.92 Å². The summed E-state index contributed by atoms with van der Waals surface area (Å²) in [5, 5.41) is 13.3. The van der Waals surface area contributed by atoms with Crippen molar-refractivity contribution in [1.82, 2.24) is 5.32 Å². The van der Waals surface area contributed by atoms with Crippen LogP contribution in [0.25, 0.3) is 0 Å². The number of nitrogens with zero attached hydrogens (tertiary/aromatic N) is 1. The van der Waals surface area contributed by atoms with Gasteiger partial charge in [-0.2, -0.15) is 0 Å². The van der Waals surface area contributed by atoms with E-state index in [1.54, 1.807) is 13.0 Å². The zero-order valence-corrected chi connectivity index (χ0v) is 11.9. The number of hydrogen-bond donors (Lipinski definition) is 1. The molecule has 1 aromatic rings. The number of hydrogen-bond acceptors (Lipinski definition) is 3. The summed E-state index contributed by atoms with van der Waals surface area (Å²) in [7, 11) is 0. The van der Waals surface area contributed by atoms with Gasteiger partial charge in [-0.05, 0) is 18.9 Å². The Hall–Kier alpha value is -1.62. The highest BCUT2D eigenvalue weighted by Crippen LogP contribution is 2.21. The van der Waals surface area contributed by atoms with Gasteiger partial charge in [-0.3, -0.25) is 14.9 Å². The highest BCUT2D eigenvalue weighted by molar-refractivity contribution is 6.21. The molecule has 19 heavy (non-hydrogen) atoms. The zero-order chi connectivity index (χ0) is 14.6. The standard InChI is InChI=1S/C13H17ClN2O3/c1-8(2)11(14)7-15-13(17)10-5-4-6-12(9(10)3)16(18)19/h4-6,8,11H,7H2,1-3H3,(H,15,17). The maximum Gasteiger partial charge on any atom is 0.273 e. The van der Waals surface area contributed by atoms with Crippen LogP contribution in [0.3, 0.4) is 0 Å². The van der Waals surface area contributed by atoms with Gasteiger partial charge in [0.15, 0.2) is 0 Å². The van der Waals surface area contributed by atoms with Crippen LogP contribution in [0.1, 0.15) is 29.8 Å². The molecule has 0 spiro atoms. The van der Waals surface area contributed by atoms with Gasteiger partial charge in [0.25, 0.3) is 11.6 Å². The number of benzene rings is 1. The van der Waals surface area contributed by atoms with E-state index in [-0.39, 0.29) is 22.9 Å². The van der Waals surface area contributed by atoms with E-state index in [1.165, 1.54) is 12.1 Å². The number of amides is 1. The predicted octanol–water partition coefficient (Wildman–Crippen LogP) is 2.90. The summed E-state index contributed by atoms with van der Waals surface area (Å²) in [5.41, 5.74) is 0.612. The van der Waals surface area contributed by atoms with Gasteiger partial charge in [0.1, 0.15) is 0 Å². The van der Waals surface area contributed by atoms with Crippen molar-refractivity contribution in [2.45, 2.75) is 26.1 Å². The fraction of sp³-hybridized carbons (Fsp3) is 0.462. The van der Waals surface area contributed by atoms with Gasteiger partial charge in [-0.15, -0.1) is 11.6 Å². The molecule has 104 valence electrons. The number of alkyl halides is 1. The molecule has 0 saturated carbocycles. The molecule has 1 rings (SSSR count). The first-order valence-electron chi connectivity index (χ1n) is 6.00. The smallest absolute Gasteiger partial charge is 0.273 e. The lowest BCUT2D eigenvalue weighted by Crippen LogP contribution is -2.32. The normalized spacial score (nSPS) is 12.3. The fourth-order valence-electron chi connectivity index (χ4n) is 1.59. The average molecular weight is 285 g/mol. The van der Waals surface area contributed by atoms with Crippen LogP contribution in [0.15, 0.2) is 18.2 Å². The van der Waals surface area contributed by atoms with Crippen LogP contribution < -0.4 is 5.32 Å². The Balaban J connectivity index is 2.83. The SMILES string of the molecule is Cc1c(C(=O)NCC(Cl)C(C)C)cccc1[N+](=O)[O-]. The molecule has 0 aliphatic rings. The van der Waals surface area contributed by atoms with Crippen LogP contribution in [-0.4, -0.2) is 22.8 Å². The van der Waals surface area contributed by atoms with Crippen LogP contribution in [0.2, 0.25) is 0 Å². The van der Waals surface area contributed by atoms with Gasteiger partial charge >= 0.3 is 0 Å². The molecule has 0 aliphatic heterocycles. The number of rotatable bonds is 5. The first-order chi connectivity index (χ1) is 8.84. The van der Waals surface area contributed by atoms with Crippen molar-refractivity contribution >= 4 is 23.2 Å². The van der Waals surface area contributed by atoms with Crippen molar-refractivity contribution in [3.63, 3.8) is 0 Å². The van der Waals surface area contributed by atoms with Crippen LogP contribution in [-0.2, 0) is 0 Å². The zero-order valence-electron chi connectivity index (χ0n) is 11.1. The van der Waals surface area contributed by atoms with Crippen molar-refractivity contribution in [3.05, 3.63) is 39.4 Å². The predicted molar refractivity (Wildman–Crippen MR) is 74.6 cm³/mol. The van der Waals surface area contributed by atoms with Crippen molar-refractivity contribution in [1.29, 1.82) is 0 Å². The minimum Gasteiger partial charge on any atom is -0.351 e. The molecule has 0 aliphatic carbocycles. The summed E-state index contributed by atoms with van der Waals surface area (Å²) < 4.78 is 0. The van der Waals surface area contributed by atoms with Crippen molar-refractivity contribution in [3.8, 4) is 0 Å². The minimum absolute atomic E-state index is 0.0565. The molecule has 0 heterocycles. The molecule has 5 nitrogen and oxygen atoms in total. The summed E-state index contributed by atoms with van der Waals surface area (Å²) in [4.78, 5) is 22.3. The van der Waals surface area contributed by atoms with Crippen molar-refractivity contribution < 1.29 is 9.72 Å². The third-order valence-electron chi connectivity index (χ3n) is 2.93. The monoisotopic (exact) mass is 284 g/mol. The Labute approximate surface area is 117 Å². The van der Waals surface area contributed by atoms with Gasteiger partial charge in [0.05, 0.1) is 10.3 Å². The Morgan fingerprint density at radius 2 is 2.11 bits per heavy atom. The number of nitro benzene ring substituents is 1. The summed E-state index contributed by atoms with van der Waals surface area (Å²) in [6.07, 6.45) is 0. The lowest BCUT2D eigenvalue weighted by molar-refractivity contribution is -0.385. The first kappa shape index (κ1) is 15.4. The number of carbonyl (C=O) groups is 1. The first-order valence-corrected chi connectivity index (χ1v) is 6.44. The van der Waals surface area contributed by atoms with E-state index in [4.69, 9.17) is 11.6 Å². The lowest BCUT2D eigenvalue weighted by Gasteiger charge is -2.14. The van der Waals surface area contributed by atoms with E-state index in [0.717, 1.165) is 0 Å². The van der Waals surface area contributed by atoms with Crippen LogP contribution in [0, 0.1) is 23.0 Å². The van der Waals surface area contributed by atoms with Crippen LogP contribution >= 0.6 is 11.6 Å². The molecule has 1 unspecified atom stereocenters. The Morgan fingerprint density at radius 3 is 2.63 bits per heavy atom. The van der Waals surface area contributed by atoms with E-state index in [9.17, 15) is 14.9 Å². The molecule has 6 heteroatoms. The second kappa shape index (κ2) is 6.52. The summed E-state index contributed by atoms with van der Waals surface area (Å²) in [6.45, 7) is 5.82. The van der Waals surface area contributed by atoms with E-state index in [0.29, 0.717) is 17.7 Å². The third kappa shape index (κ3) is 3.92. The molecule has 1 atom stereocenters. The summed E-state index contributed by atoms with van der Waals surface area (Å²) >= 11 is 6.05. The van der Waals surface area contributed by atoms with Crippen LogP contribution in [0.5, 0.6) is 0 Å². The molecule has 1 amide bonds. The fourth-order valence-corrected chi connectivity index (χ4v) is 1.67. The van der Waals surface area contributed by atoms with Gasteiger partial charge in [-0.1, -0.05) is 19.9 Å². The molecule has 1 aromatic carbocycles. The topological polar surface area (TPSA) is 72.2 Å². The lowest BCUT2D eigenvalue weighted by atomic mass is 10.1. The third-order valence-corrected chi connectivity index (χ3v) is 3.59. The molecule has 0 saturated heterocycles. The molecular weight excluding hydrogens is 268 g/mol. The quantitative estimate of drug-likeness (QED) is 0.513. The summed E-state index contributed by atoms with van der Waals surface area (Å²) in [6, 6.07) is 4.45. The number of carbonyl (C=O) groups excluding carboxylic acids is 1. The number of halogens is 1. The molecule has 0 bridgehead atoms. The van der Waals surface area contributed by atoms with Gasteiger partial charge in [-0.25, -0.2) is 0 Å². The molecule has 0 aromatic heterocycles. The Morgan fingerprint density at radius 1 is 1.47 bits per heavy atom. The summed E-state index contributed by atoms with van der Waals surface area (Å²) in [5.74, 6) is -0.0966. The van der Waals surface area contributed by atoms with Crippen molar-refractivity contribution in [2.75, 3.05) is 6.54 Å². The Kier molecular flexibility index (Phi) is 5.30. The number of nitro groups is 1. The molecule has 0 fully saturated rings. The minimum atomic E-state index is -0.495. The van der Waals surface area contributed by atoms with E-state index >= 15 is 0 Å². The second-order valence-electron chi connectivity index (χ2n) is 4.68. The average Bonchev–Trinajstić information content (AvgIpc) is 2.35. The van der Waals surface area contributed by atoms with E-state index in [1.807, 2.05) is 13.8 Å². The van der Waals surface area contributed by atoms with Gasteiger partial charge in [0, 0.05) is 23.7 Å². The molecular formula is C13H17ClN2O3. The van der Waals surface area contributed by atoms with E-state index < -0.39 is 4.92 Å². The highest BCUT2D eigenvalue weighted by atomic mass is 35.5. The maximum atomic E-state index is 12.0. The van der Waals surface area contributed by atoms with Crippen LogP contribution in [0.4, 0.5) is 5.69 Å². The van der Waals surface area contributed by atoms with Gasteiger partial charge in [0.2, 0.25) is 0 Å². The largest absolute Gasteiger partial charge is 0.351 e. The van der Waals surface area contributed by atoms with E-state index in [2.05, 4.69) is 5.32 Å². The molecule has 0 radical (unpaired) electrons. The second-order valence-corrected chi connectivity index (χ2v) is 5.24. The Bertz CT molecular complexity index is 489. The maximum absolute atomic E-state index is 12.0.